The Morgan fingerprint density at radius 2 is 2.40 bits per heavy atom. The topological polar surface area (TPSA) is 56.5 Å². The van der Waals surface area contributed by atoms with Gasteiger partial charge in [-0.1, -0.05) is 13.8 Å². The van der Waals surface area contributed by atoms with Crippen LogP contribution in [0.5, 0.6) is 0 Å². The predicted molar refractivity (Wildman–Crippen MR) is 35.1 cm³/mol. The lowest BCUT2D eigenvalue weighted by Crippen LogP contribution is -2.20. The van der Waals surface area contributed by atoms with Crippen LogP contribution >= 0.6 is 0 Å². The SMILES string of the molecule is CC(C)C1OC1(C#N)CO. The summed E-state index contributed by atoms with van der Waals surface area (Å²) in [5.41, 5.74) is -0.867. The first kappa shape index (κ1) is 7.52. The van der Waals surface area contributed by atoms with Crippen molar-refractivity contribution < 1.29 is 9.84 Å². The molecule has 0 spiro atoms. The second kappa shape index (κ2) is 2.22. The zero-order chi connectivity index (χ0) is 7.78. The van der Waals surface area contributed by atoms with E-state index < -0.39 is 5.60 Å². The van der Waals surface area contributed by atoms with E-state index in [1.54, 1.807) is 0 Å². The molecule has 1 N–H and O–H groups in total. The van der Waals surface area contributed by atoms with Crippen LogP contribution in [0.15, 0.2) is 0 Å². The highest BCUT2D eigenvalue weighted by atomic mass is 16.6. The molecular weight excluding hydrogens is 130 g/mol. The fourth-order valence-electron chi connectivity index (χ4n) is 1.12. The van der Waals surface area contributed by atoms with Crippen molar-refractivity contribution in [2.24, 2.45) is 5.92 Å². The molecule has 0 radical (unpaired) electrons. The number of hydrogen-bond acceptors (Lipinski definition) is 3. The van der Waals surface area contributed by atoms with Gasteiger partial charge in [0.1, 0.15) is 12.2 Å². The second-order valence-electron chi connectivity index (χ2n) is 2.94. The quantitative estimate of drug-likeness (QED) is 0.562. The summed E-state index contributed by atoms with van der Waals surface area (Å²) in [5, 5.41) is 17.3. The summed E-state index contributed by atoms with van der Waals surface area (Å²) in [7, 11) is 0. The Kier molecular flexibility index (Phi) is 1.67. The number of ether oxygens (including phenoxy) is 1. The van der Waals surface area contributed by atoms with Gasteiger partial charge in [-0.2, -0.15) is 5.26 Å². The maximum atomic E-state index is 8.73. The molecular formula is C7H11NO2. The van der Waals surface area contributed by atoms with E-state index in [4.69, 9.17) is 15.1 Å². The fraction of sp³-hybridized carbons (Fsp3) is 0.857. The van der Waals surface area contributed by atoms with Crippen molar-refractivity contribution in [3.63, 3.8) is 0 Å². The van der Waals surface area contributed by atoms with Crippen LogP contribution in [-0.4, -0.2) is 23.4 Å². The molecule has 1 rings (SSSR count). The maximum Gasteiger partial charge on any atom is 0.203 e. The zero-order valence-electron chi connectivity index (χ0n) is 6.16. The molecule has 10 heavy (non-hydrogen) atoms. The molecule has 0 aliphatic carbocycles. The van der Waals surface area contributed by atoms with Gasteiger partial charge in [0.05, 0.1) is 6.61 Å². The number of aliphatic hydroxyl groups excluding tert-OH is 1. The zero-order valence-corrected chi connectivity index (χ0v) is 6.16. The van der Waals surface area contributed by atoms with Crippen molar-refractivity contribution in [2.75, 3.05) is 6.61 Å². The van der Waals surface area contributed by atoms with Crippen LogP contribution in [0, 0.1) is 17.2 Å². The third-order valence-corrected chi connectivity index (χ3v) is 1.77. The molecule has 1 fully saturated rings. The number of epoxide rings is 1. The van der Waals surface area contributed by atoms with E-state index >= 15 is 0 Å². The monoisotopic (exact) mass is 141 g/mol. The average molecular weight is 141 g/mol. The lowest BCUT2D eigenvalue weighted by atomic mass is 10.00. The van der Waals surface area contributed by atoms with Crippen molar-refractivity contribution >= 4 is 0 Å². The fourth-order valence-corrected chi connectivity index (χ4v) is 1.12. The standard InChI is InChI=1S/C7H11NO2/c1-5(2)6-7(3-8,4-9)10-6/h5-6,9H,4H2,1-2H3. The Hall–Kier alpha value is -0.590. The smallest absolute Gasteiger partial charge is 0.203 e. The number of nitrogens with zero attached hydrogens (tertiary/aromatic N) is 1. The van der Waals surface area contributed by atoms with Gasteiger partial charge < -0.3 is 9.84 Å². The van der Waals surface area contributed by atoms with Crippen molar-refractivity contribution in [3.8, 4) is 6.07 Å². The molecule has 1 aliphatic heterocycles. The van der Waals surface area contributed by atoms with Crippen LogP contribution in [0.4, 0.5) is 0 Å². The van der Waals surface area contributed by atoms with E-state index in [0.29, 0.717) is 5.92 Å². The summed E-state index contributed by atoms with van der Waals surface area (Å²) in [5.74, 6) is 0.312. The van der Waals surface area contributed by atoms with Gasteiger partial charge in [0.2, 0.25) is 5.60 Å². The maximum absolute atomic E-state index is 8.73. The van der Waals surface area contributed by atoms with Gasteiger partial charge in [-0.05, 0) is 5.92 Å². The summed E-state index contributed by atoms with van der Waals surface area (Å²) in [6, 6.07) is 1.96. The van der Waals surface area contributed by atoms with Crippen molar-refractivity contribution in [2.45, 2.75) is 25.6 Å². The van der Waals surface area contributed by atoms with E-state index in [0.717, 1.165) is 0 Å². The summed E-state index contributed by atoms with van der Waals surface area (Å²) in [6.07, 6.45) is -0.0671. The van der Waals surface area contributed by atoms with E-state index in [1.807, 2.05) is 19.9 Å². The number of aliphatic hydroxyl groups is 1. The molecule has 3 heteroatoms. The minimum absolute atomic E-state index is 0.0671. The van der Waals surface area contributed by atoms with Crippen molar-refractivity contribution in [3.05, 3.63) is 0 Å². The first-order chi connectivity index (χ1) is 4.66. The van der Waals surface area contributed by atoms with Gasteiger partial charge in [0.25, 0.3) is 0 Å². The van der Waals surface area contributed by atoms with Gasteiger partial charge >= 0.3 is 0 Å². The van der Waals surface area contributed by atoms with Gasteiger partial charge in [-0.3, -0.25) is 0 Å². The van der Waals surface area contributed by atoms with Gasteiger partial charge in [0.15, 0.2) is 0 Å². The molecule has 1 saturated heterocycles. The Labute approximate surface area is 60.2 Å². The molecule has 56 valence electrons. The third-order valence-electron chi connectivity index (χ3n) is 1.77. The summed E-state index contributed by atoms with van der Waals surface area (Å²) in [6.45, 7) is 3.76. The van der Waals surface area contributed by atoms with Crippen LogP contribution in [0.1, 0.15) is 13.8 Å². The van der Waals surface area contributed by atoms with E-state index in [2.05, 4.69) is 0 Å². The number of nitriles is 1. The first-order valence-corrected chi connectivity index (χ1v) is 3.36. The van der Waals surface area contributed by atoms with Crippen LogP contribution in [0.2, 0.25) is 0 Å². The van der Waals surface area contributed by atoms with Crippen LogP contribution in [-0.2, 0) is 4.74 Å². The molecule has 0 bridgehead atoms. The summed E-state index contributed by atoms with van der Waals surface area (Å²) < 4.78 is 5.05. The first-order valence-electron chi connectivity index (χ1n) is 3.36. The van der Waals surface area contributed by atoms with Gasteiger partial charge in [-0.15, -0.1) is 0 Å². The molecule has 3 nitrogen and oxygen atoms in total. The number of hydrogen-bond donors (Lipinski definition) is 1. The minimum Gasteiger partial charge on any atom is -0.392 e. The lowest BCUT2D eigenvalue weighted by molar-refractivity contribution is 0.205. The lowest BCUT2D eigenvalue weighted by Gasteiger charge is -1.99. The predicted octanol–water partition coefficient (Wildman–Crippen LogP) is 0.296. The highest BCUT2D eigenvalue weighted by molar-refractivity contribution is 5.18. The van der Waals surface area contributed by atoms with Crippen LogP contribution in [0.25, 0.3) is 0 Å². The molecule has 0 saturated carbocycles. The van der Waals surface area contributed by atoms with Gasteiger partial charge in [0, 0.05) is 0 Å². The molecule has 0 aromatic heterocycles. The largest absolute Gasteiger partial charge is 0.392 e. The van der Waals surface area contributed by atoms with E-state index in [9.17, 15) is 0 Å². The minimum atomic E-state index is -0.867. The number of rotatable bonds is 2. The van der Waals surface area contributed by atoms with Crippen LogP contribution < -0.4 is 0 Å². The highest BCUT2D eigenvalue weighted by Gasteiger charge is 2.58. The normalized spacial score (nSPS) is 37.7. The molecule has 0 aromatic carbocycles. The van der Waals surface area contributed by atoms with E-state index in [-0.39, 0.29) is 12.7 Å². The molecule has 2 unspecified atom stereocenters. The Balaban J connectivity index is 2.55. The van der Waals surface area contributed by atoms with Gasteiger partial charge in [-0.25, -0.2) is 0 Å². The molecule has 0 aromatic rings. The molecule has 2 atom stereocenters. The van der Waals surface area contributed by atoms with Crippen molar-refractivity contribution in [1.82, 2.24) is 0 Å². The summed E-state index contributed by atoms with van der Waals surface area (Å²) >= 11 is 0. The summed E-state index contributed by atoms with van der Waals surface area (Å²) in [4.78, 5) is 0. The molecule has 1 aliphatic rings. The third kappa shape index (κ3) is 0.898. The average Bonchev–Trinajstić information content (AvgIpc) is 2.63. The Morgan fingerprint density at radius 3 is 2.50 bits per heavy atom. The Morgan fingerprint density at radius 1 is 1.80 bits per heavy atom. The Bertz CT molecular complexity index is 173. The highest BCUT2D eigenvalue weighted by Crippen LogP contribution is 2.40. The van der Waals surface area contributed by atoms with Crippen molar-refractivity contribution in [1.29, 1.82) is 5.26 Å². The molecule has 1 heterocycles. The van der Waals surface area contributed by atoms with E-state index in [1.165, 1.54) is 0 Å². The molecule has 0 amide bonds. The van der Waals surface area contributed by atoms with Crippen LogP contribution in [0.3, 0.4) is 0 Å². The second-order valence-corrected chi connectivity index (χ2v) is 2.94.